The number of nitrogens with two attached hydrogens (primary N) is 1. The average molecular weight is 175 g/mol. The summed E-state index contributed by atoms with van der Waals surface area (Å²) >= 11 is 0. The molecule has 68 valence electrons. The highest BCUT2D eigenvalue weighted by molar-refractivity contribution is 5.82. The summed E-state index contributed by atoms with van der Waals surface area (Å²) in [6.07, 6.45) is 3.23. The largest absolute Gasteiger partial charge is 0.398 e. The SMILES string of the molecule is C/C=C(\CC=O)c1ccccc1N. The Balaban J connectivity index is 3.05. The predicted octanol–water partition coefficient (Wildman–Crippen LogP) is 2.26. The third-order valence-corrected chi connectivity index (χ3v) is 1.96. The summed E-state index contributed by atoms with van der Waals surface area (Å²) in [4.78, 5) is 10.4. The molecule has 0 fully saturated rings. The molecule has 2 heteroatoms. The molecule has 1 rings (SSSR count). The normalized spacial score (nSPS) is 11.3. The van der Waals surface area contributed by atoms with Crippen molar-refractivity contribution < 1.29 is 4.79 Å². The van der Waals surface area contributed by atoms with Crippen LogP contribution >= 0.6 is 0 Å². The van der Waals surface area contributed by atoms with Crippen molar-refractivity contribution in [3.8, 4) is 0 Å². The summed E-state index contributed by atoms with van der Waals surface area (Å²) in [6.45, 7) is 1.91. The highest BCUT2D eigenvalue weighted by atomic mass is 16.1. The molecule has 0 radical (unpaired) electrons. The summed E-state index contributed by atoms with van der Waals surface area (Å²) in [5, 5.41) is 0. The number of carbonyl (C=O) groups excluding carboxylic acids is 1. The fraction of sp³-hybridized carbons (Fsp3) is 0.182. The van der Waals surface area contributed by atoms with Gasteiger partial charge in [0.25, 0.3) is 0 Å². The van der Waals surface area contributed by atoms with Gasteiger partial charge in [0.15, 0.2) is 0 Å². The molecule has 2 N–H and O–H groups in total. The third-order valence-electron chi connectivity index (χ3n) is 1.96. The van der Waals surface area contributed by atoms with Crippen LogP contribution in [-0.2, 0) is 4.79 Å². The van der Waals surface area contributed by atoms with Crippen molar-refractivity contribution in [2.75, 3.05) is 5.73 Å². The van der Waals surface area contributed by atoms with E-state index < -0.39 is 0 Å². The Morgan fingerprint density at radius 3 is 2.69 bits per heavy atom. The van der Waals surface area contributed by atoms with Gasteiger partial charge in [-0.25, -0.2) is 0 Å². The fourth-order valence-corrected chi connectivity index (χ4v) is 1.26. The zero-order chi connectivity index (χ0) is 9.68. The molecule has 0 aliphatic heterocycles. The van der Waals surface area contributed by atoms with Crippen LogP contribution in [0, 0.1) is 0 Å². The number of nitrogen functional groups attached to an aromatic ring is 1. The quantitative estimate of drug-likeness (QED) is 0.565. The van der Waals surface area contributed by atoms with E-state index in [1.807, 2.05) is 37.3 Å². The lowest BCUT2D eigenvalue weighted by atomic mass is 10.0. The van der Waals surface area contributed by atoms with Crippen molar-refractivity contribution >= 4 is 17.5 Å². The highest BCUT2D eigenvalue weighted by Crippen LogP contribution is 2.22. The van der Waals surface area contributed by atoms with Crippen molar-refractivity contribution in [3.63, 3.8) is 0 Å². The highest BCUT2D eigenvalue weighted by Gasteiger charge is 2.02. The molecule has 0 spiro atoms. The Morgan fingerprint density at radius 2 is 2.15 bits per heavy atom. The first kappa shape index (κ1) is 9.52. The maximum absolute atomic E-state index is 10.4. The topological polar surface area (TPSA) is 43.1 Å². The maximum atomic E-state index is 10.4. The van der Waals surface area contributed by atoms with E-state index in [1.165, 1.54) is 0 Å². The van der Waals surface area contributed by atoms with Gasteiger partial charge in [0.2, 0.25) is 0 Å². The third kappa shape index (κ3) is 2.18. The lowest BCUT2D eigenvalue weighted by Crippen LogP contribution is -1.93. The van der Waals surface area contributed by atoms with Gasteiger partial charge >= 0.3 is 0 Å². The Hall–Kier alpha value is -1.57. The van der Waals surface area contributed by atoms with Crippen molar-refractivity contribution in [1.82, 2.24) is 0 Å². The van der Waals surface area contributed by atoms with Crippen molar-refractivity contribution in [1.29, 1.82) is 0 Å². The smallest absolute Gasteiger partial charge is 0.124 e. The maximum Gasteiger partial charge on any atom is 0.124 e. The second-order valence-electron chi connectivity index (χ2n) is 2.77. The number of hydrogen-bond acceptors (Lipinski definition) is 2. The van der Waals surface area contributed by atoms with Gasteiger partial charge in [-0.15, -0.1) is 0 Å². The zero-order valence-electron chi connectivity index (χ0n) is 7.66. The van der Waals surface area contributed by atoms with Crippen LogP contribution in [0.2, 0.25) is 0 Å². The van der Waals surface area contributed by atoms with E-state index in [2.05, 4.69) is 0 Å². The van der Waals surface area contributed by atoms with E-state index in [0.29, 0.717) is 6.42 Å². The van der Waals surface area contributed by atoms with Gasteiger partial charge < -0.3 is 10.5 Å². The van der Waals surface area contributed by atoms with Gasteiger partial charge in [-0.05, 0) is 18.6 Å². The molecule has 0 heterocycles. The standard InChI is InChI=1S/C11H13NO/c1-2-9(7-8-13)10-5-3-4-6-11(10)12/h2-6,8H,7,12H2,1H3/b9-2+. The Kier molecular flexibility index (Phi) is 3.26. The first-order chi connectivity index (χ1) is 6.29. The minimum Gasteiger partial charge on any atom is -0.398 e. The van der Waals surface area contributed by atoms with Gasteiger partial charge in [0.1, 0.15) is 6.29 Å². The van der Waals surface area contributed by atoms with E-state index in [9.17, 15) is 4.79 Å². The molecule has 0 aliphatic rings. The lowest BCUT2D eigenvalue weighted by molar-refractivity contribution is -0.107. The molecule has 2 nitrogen and oxygen atoms in total. The summed E-state index contributed by atoms with van der Waals surface area (Å²) in [5.41, 5.74) is 8.43. The molecular weight excluding hydrogens is 162 g/mol. The zero-order valence-corrected chi connectivity index (χ0v) is 7.66. The van der Waals surface area contributed by atoms with Crippen molar-refractivity contribution in [2.45, 2.75) is 13.3 Å². The molecule has 0 saturated heterocycles. The Labute approximate surface area is 78.1 Å². The van der Waals surface area contributed by atoms with E-state index in [0.717, 1.165) is 23.1 Å². The molecule has 0 aromatic heterocycles. The number of anilines is 1. The molecule has 0 atom stereocenters. The van der Waals surface area contributed by atoms with Crippen LogP contribution in [0.3, 0.4) is 0 Å². The van der Waals surface area contributed by atoms with Crippen LogP contribution in [0.1, 0.15) is 18.9 Å². The van der Waals surface area contributed by atoms with Gasteiger partial charge in [-0.1, -0.05) is 24.3 Å². The number of rotatable bonds is 3. The van der Waals surface area contributed by atoms with Gasteiger partial charge in [0, 0.05) is 17.7 Å². The van der Waals surface area contributed by atoms with E-state index >= 15 is 0 Å². The van der Waals surface area contributed by atoms with E-state index in [-0.39, 0.29) is 0 Å². The van der Waals surface area contributed by atoms with Crippen molar-refractivity contribution in [3.05, 3.63) is 35.9 Å². The summed E-state index contributed by atoms with van der Waals surface area (Å²) in [6, 6.07) is 7.56. The van der Waals surface area contributed by atoms with E-state index in [1.54, 1.807) is 0 Å². The summed E-state index contributed by atoms with van der Waals surface area (Å²) < 4.78 is 0. The molecule has 0 aliphatic carbocycles. The Morgan fingerprint density at radius 1 is 1.46 bits per heavy atom. The summed E-state index contributed by atoms with van der Waals surface area (Å²) in [5.74, 6) is 0. The minimum absolute atomic E-state index is 0.421. The van der Waals surface area contributed by atoms with Crippen LogP contribution in [-0.4, -0.2) is 6.29 Å². The second kappa shape index (κ2) is 4.45. The van der Waals surface area contributed by atoms with E-state index in [4.69, 9.17) is 5.73 Å². The number of para-hydroxylation sites is 1. The number of hydrogen-bond donors (Lipinski definition) is 1. The van der Waals surface area contributed by atoms with Gasteiger partial charge in [0.05, 0.1) is 0 Å². The van der Waals surface area contributed by atoms with Crippen LogP contribution in [0.5, 0.6) is 0 Å². The minimum atomic E-state index is 0.421. The molecule has 13 heavy (non-hydrogen) atoms. The molecule has 0 saturated carbocycles. The summed E-state index contributed by atoms with van der Waals surface area (Å²) in [7, 11) is 0. The van der Waals surface area contributed by atoms with Crippen LogP contribution in [0.4, 0.5) is 5.69 Å². The first-order valence-electron chi connectivity index (χ1n) is 4.23. The monoisotopic (exact) mass is 175 g/mol. The van der Waals surface area contributed by atoms with Gasteiger partial charge in [-0.2, -0.15) is 0 Å². The van der Waals surface area contributed by atoms with Crippen LogP contribution in [0.25, 0.3) is 5.57 Å². The number of benzene rings is 1. The fourth-order valence-electron chi connectivity index (χ4n) is 1.26. The predicted molar refractivity (Wildman–Crippen MR) is 55.2 cm³/mol. The molecule has 0 amide bonds. The van der Waals surface area contributed by atoms with Crippen LogP contribution < -0.4 is 5.73 Å². The van der Waals surface area contributed by atoms with Crippen molar-refractivity contribution in [2.24, 2.45) is 0 Å². The molecule has 1 aromatic rings. The lowest BCUT2D eigenvalue weighted by Gasteiger charge is -2.06. The molecular formula is C11H13NO. The van der Waals surface area contributed by atoms with Gasteiger partial charge in [-0.3, -0.25) is 0 Å². The molecule has 0 bridgehead atoms. The number of aldehydes is 1. The average Bonchev–Trinajstić information content (AvgIpc) is 2.16. The molecule has 1 aromatic carbocycles. The number of carbonyl (C=O) groups is 1. The number of allylic oxidation sites excluding steroid dienone is 2. The Bertz CT molecular complexity index is 329. The molecule has 0 unspecified atom stereocenters. The van der Waals surface area contributed by atoms with Crippen LogP contribution in [0.15, 0.2) is 30.3 Å². The second-order valence-corrected chi connectivity index (χ2v) is 2.77. The first-order valence-corrected chi connectivity index (χ1v) is 4.23.